The zero-order valence-corrected chi connectivity index (χ0v) is 14.9. The number of hydrogen-bond donors (Lipinski definition) is 1. The lowest BCUT2D eigenvalue weighted by Gasteiger charge is -2.34. The molecule has 0 saturated heterocycles. The van der Waals surface area contributed by atoms with Crippen LogP contribution in [0.5, 0.6) is 0 Å². The molecule has 3 nitrogen and oxygen atoms in total. The van der Waals surface area contributed by atoms with Crippen molar-refractivity contribution in [3.05, 3.63) is 19.2 Å². The third kappa shape index (κ3) is 4.02. The minimum Gasteiger partial charge on any atom is -0.383 e. The zero-order valence-electron chi connectivity index (χ0n) is 11.0. The molecule has 104 valence electrons. The van der Waals surface area contributed by atoms with Crippen LogP contribution in [0.2, 0.25) is 0 Å². The van der Waals surface area contributed by atoms with E-state index in [-0.39, 0.29) is 6.04 Å². The predicted octanol–water partition coefficient (Wildman–Crippen LogP) is 3.63. The normalized spacial score (nSPS) is 15.1. The van der Waals surface area contributed by atoms with Crippen LogP contribution >= 0.6 is 43.2 Å². The summed E-state index contributed by atoms with van der Waals surface area (Å²) in [6.45, 7) is 6.62. The summed E-state index contributed by atoms with van der Waals surface area (Å²) in [5, 5.41) is 0. The molecule has 18 heavy (non-hydrogen) atoms. The molecule has 2 atom stereocenters. The van der Waals surface area contributed by atoms with Crippen molar-refractivity contribution in [1.82, 2.24) is 4.90 Å². The molecule has 0 aliphatic heterocycles. The summed E-state index contributed by atoms with van der Waals surface area (Å²) in [5.74, 6) is 0. The van der Waals surface area contributed by atoms with E-state index in [2.05, 4.69) is 56.7 Å². The summed E-state index contributed by atoms with van der Waals surface area (Å²) in [6, 6.07) is 2.75. The minimum atomic E-state index is 0.243. The third-order valence-corrected chi connectivity index (χ3v) is 6.31. The van der Waals surface area contributed by atoms with Crippen LogP contribution in [0.4, 0.5) is 0 Å². The lowest BCUT2D eigenvalue weighted by atomic mass is 10.1. The highest BCUT2D eigenvalue weighted by molar-refractivity contribution is 9.13. The van der Waals surface area contributed by atoms with Gasteiger partial charge in [0.15, 0.2) is 0 Å². The molecule has 6 heteroatoms. The van der Waals surface area contributed by atoms with Crippen molar-refractivity contribution >= 4 is 43.2 Å². The van der Waals surface area contributed by atoms with E-state index in [1.165, 1.54) is 4.88 Å². The molecule has 0 aliphatic carbocycles. The summed E-state index contributed by atoms with van der Waals surface area (Å²) in [6.07, 6.45) is 0. The fraction of sp³-hybridized carbons (Fsp3) is 0.667. The Bertz CT molecular complexity index is 353. The molecule has 1 aromatic heterocycles. The van der Waals surface area contributed by atoms with Gasteiger partial charge in [-0.25, -0.2) is 0 Å². The average molecular weight is 400 g/mol. The second kappa shape index (κ2) is 7.97. The van der Waals surface area contributed by atoms with E-state index in [4.69, 9.17) is 10.5 Å². The van der Waals surface area contributed by atoms with Crippen LogP contribution in [-0.4, -0.2) is 37.7 Å². The van der Waals surface area contributed by atoms with E-state index in [1.54, 1.807) is 18.4 Å². The van der Waals surface area contributed by atoms with E-state index >= 15 is 0 Å². The van der Waals surface area contributed by atoms with Gasteiger partial charge in [-0.1, -0.05) is 6.92 Å². The van der Waals surface area contributed by atoms with Crippen molar-refractivity contribution in [1.29, 1.82) is 0 Å². The maximum atomic E-state index is 5.97. The first-order valence-corrected chi connectivity index (χ1v) is 8.34. The van der Waals surface area contributed by atoms with Gasteiger partial charge in [0, 0.05) is 29.0 Å². The molecule has 2 unspecified atom stereocenters. The Hall–Kier alpha value is 0.540. The van der Waals surface area contributed by atoms with Gasteiger partial charge in [-0.2, -0.15) is 0 Å². The topological polar surface area (TPSA) is 38.5 Å². The number of thiophene rings is 1. The molecule has 2 N–H and O–H groups in total. The maximum absolute atomic E-state index is 5.97. The second-order valence-electron chi connectivity index (χ2n) is 4.16. The van der Waals surface area contributed by atoms with Gasteiger partial charge in [-0.3, -0.25) is 4.90 Å². The fourth-order valence-electron chi connectivity index (χ4n) is 2.12. The van der Waals surface area contributed by atoms with Crippen LogP contribution in [0.1, 0.15) is 24.8 Å². The van der Waals surface area contributed by atoms with Crippen LogP contribution in [-0.2, 0) is 4.74 Å². The Balaban J connectivity index is 2.92. The second-order valence-corrected chi connectivity index (χ2v) is 7.41. The summed E-state index contributed by atoms with van der Waals surface area (Å²) in [5.41, 5.74) is 5.97. The molecule has 0 amide bonds. The van der Waals surface area contributed by atoms with Gasteiger partial charge >= 0.3 is 0 Å². The Morgan fingerprint density at radius 3 is 2.56 bits per heavy atom. The largest absolute Gasteiger partial charge is 0.383 e. The van der Waals surface area contributed by atoms with Gasteiger partial charge in [0.25, 0.3) is 0 Å². The van der Waals surface area contributed by atoms with Crippen LogP contribution in [0, 0.1) is 0 Å². The number of nitrogens with two attached hydrogens (primary N) is 1. The monoisotopic (exact) mass is 398 g/mol. The van der Waals surface area contributed by atoms with Crippen molar-refractivity contribution in [2.24, 2.45) is 5.73 Å². The third-order valence-electron chi connectivity index (χ3n) is 2.96. The van der Waals surface area contributed by atoms with Gasteiger partial charge in [0.05, 0.1) is 16.4 Å². The van der Waals surface area contributed by atoms with Crippen molar-refractivity contribution < 1.29 is 4.74 Å². The number of ether oxygens (including phenoxy) is 1. The highest BCUT2D eigenvalue weighted by Crippen LogP contribution is 2.37. The lowest BCUT2D eigenvalue weighted by molar-refractivity contribution is 0.0762. The molecule has 0 aromatic carbocycles. The lowest BCUT2D eigenvalue weighted by Crippen LogP contribution is -2.41. The van der Waals surface area contributed by atoms with E-state index in [9.17, 15) is 0 Å². The molecular weight excluding hydrogens is 380 g/mol. The van der Waals surface area contributed by atoms with E-state index in [1.807, 2.05) is 0 Å². The van der Waals surface area contributed by atoms with Gasteiger partial charge < -0.3 is 10.5 Å². The minimum absolute atomic E-state index is 0.243. The predicted molar refractivity (Wildman–Crippen MR) is 85.2 cm³/mol. The standard InChI is InChI=1S/C12H20Br2N2OS/c1-4-16(8(2)7-17-3)10(6-15)11-5-9(13)12(14)18-11/h5,8,10H,4,6-7,15H2,1-3H3. The highest BCUT2D eigenvalue weighted by atomic mass is 79.9. The molecule has 0 fully saturated rings. The van der Waals surface area contributed by atoms with Crippen molar-refractivity contribution in [3.8, 4) is 0 Å². The SMILES string of the molecule is CCN(C(C)COC)C(CN)c1cc(Br)c(Br)s1. The quantitative estimate of drug-likeness (QED) is 0.760. The number of rotatable bonds is 7. The molecule has 0 aliphatic rings. The number of methoxy groups -OCH3 is 1. The Morgan fingerprint density at radius 2 is 2.17 bits per heavy atom. The number of halogens is 2. The summed E-state index contributed by atoms with van der Waals surface area (Å²) < 4.78 is 7.46. The molecule has 0 saturated carbocycles. The Kier molecular flexibility index (Phi) is 7.35. The van der Waals surface area contributed by atoms with E-state index in [0.29, 0.717) is 12.6 Å². The zero-order chi connectivity index (χ0) is 13.7. The summed E-state index contributed by atoms with van der Waals surface area (Å²) >= 11 is 8.81. The van der Waals surface area contributed by atoms with Crippen LogP contribution in [0.3, 0.4) is 0 Å². The Labute approximate surface area is 130 Å². The van der Waals surface area contributed by atoms with Crippen LogP contribution in [0.15, 0.2) is 14.3 Å². The summed E-state index contributed by atoms with van der Waals surface area (Å²) in [7, 11) is 1.74. The Morgan fingerprint density at radius 1 is 1.50 bits per heavy atom. The van der Waals surface area contributed by atoms with E-state index in [0.717, 1.165) is 21.4 Å². The molecule has 1 rings (SSSR count). The number of nitrogens with zero attached hydrogens (tertiary/aromatic N) is 1. The van der Waals surface area contributed by atoms with Gasteiger partial charge in [-0.05, 0) is 51.4 Å². The van der Waals surface area contributed by atoms with E-state index < -0.39 is 0 Å². The van der Waals surface area contributed by atoms with Gasteiger partial charge in [0.1, 0.15) is 0 Å². The number of hydrogen-bond acceptors (Lipinski definition) is 4. The first-order chi connectivity index (χ1) is 8.54. The molecule has 0 spiro atoms. The van der Waals surface area contributed by atoms with Gasteiger partial charge in [0.2, 0.25) is 0 Å². The van der Waals surface area contributed by atoms with Crippen LogP contribution < -0.4 is 5.73 Å². The first-order valence-electron chi connectivity index (χ1n) is 5.94. The molecule has 0 radical (unpaired) electrons. The van der Waals surface area contributed by atoms with Crippen molar-refractivity contribution in [2.45, 2.75) is 25.9 Å². The summed E-state index contributed by atoms with van der Waals surface area (Å²) in [4.78, 5) is 3.66. The van der Waals surface area contributed by atoms with Crippen molar-refractivity contribution in [3.63, 3.8) is 0 Å². The highest BCUT2D eigenvalue weighted by Gasteiger charge is 2.24. The average Bonchev–Trinajstić information content (AvgIpc) is 2.66. The molecule has 1 heterocycles. The molecule has 1 aromatic rings. The van der Waals surface area contributed by atoms with Gasteiger partial charge in [-0.15, -0.1) is 11.3 Å². The van der Waals surface area contributed by atoms with Crippen molar-refractivity contribution in [2.75, 3.05) is 26.8 Å². The maximum Gasteiger partial charge on any atom is 0.0843 e. The number of likely N-dealkylation sites (N-methyl/N-ethyl adjacent to an activating group) is 1. The first kappa shape index (κ1) is 16.6. The van der Waals surface area contributed by atoms with Crippen LogP contribution in [0.25, 0.3) is 0 Å². The molecular formula is C12H20Br2N2OS. The fourth-order valence-corrected chi connectivity index (χ4v) is 4.34. The molecule has 0 bridgehead atoms. The smallest absolute Gasteiger partial charge is 0.0843 e.